The highest BCUT2D eigenvalue weighted by atomic mass is 16.4. The molecule has 0 fully saturated rings. The molecule has 5 nitrogen and oxygen atoms in total. The lowest BCUT2D eigenvalue weighted by atomic mass is 9.93. The van der Waals surface area contributed by atoms with Gasteiger partial charge < -0.3 is 15.7 Å². The predicted molar refractivity (Wildman–Crippen MR) is 88.4 cm³/mol. The van der Waals surface area contributed by atoms with Gasteiger partial charge in [-0.25, -0.2) is 4.79 Å². The second kappa shape index (κ2) is 5.85. The summed E-state index contributed by atoms with van der Waals surface area (Å²) < 4.78 is 0. The molecule has 1 aliphatic heterocycles. The van der Waals surface area contributed by atoms with Crippen molar-refractivity contribution in [2.24, 2.45) is 5.73 Å². The third kappa shape index (κ3) is 2.83. The minimum atomic E-state index is -0.943. The van der Waals surface area contributed by atoms with E-state index < -0.39 is 5.97 Å². The Morgan fingerprint density at radius 3 is 2.39 bits per heavy atom. The Bertz CT molecular complexity index is 768. The second-order valence-corrected chi connectivity index (χ2v) is 5.72. The van der Waals surface area contributed by atoms with Crippen LogP contribution >= 0.6 is 0 Å². The van der Waals surface area contributed by atoms with Gasteiger partial charge in [-0.05, 0) is 47.4 Å². The van der Waals surface area contributed by atoms with E-state index in [4.69, 9.17) is 10.8 Å². The molecule has 3 N–H and O–H groups in total. The van der Waals surface area contributed by atoms with Crippen molar-refractivity contribution in [3.63, 3.8) is 0 Å². The normalized spacial score (nSPS) is 16.8. The Labute approximate surface area is 134 Å². The van der Waals surface area contributed by atoms with E-state index in [1.54, 1.807) is 36.1 Å². The van der Waals surface area contributed by atoms with Gasteiger partial charge in [0.15, 0.2) is 0 Å². The summed E-state index contributed by atoms with van der Waals surface area (Å²) in [6.45, 7) is 2.19. The van der Waals surface area contributed by atoms with Crippen LogP contribution in [0, 0.1) is 0 Å². The standard InChI is InChI=1S/C18H18N2O3/c1-11(21)20-9-8-16(19)15-10-14(6-7-17(15)20)12-2-4-13(5-3-12)18(22)23/h2-7,10,16H,8-9,19H2,1H3,(H,22,23). The van der Waals surface area contributed by atoms with Gasteiger partial charge in [-0.2, -0.15) is 0 Å². The predicted octanol–water partition coefficient (Wildman–Crippen LogP) is 2.81. The molecule has 0 saturated carbocycles. The number of benzene rings is 2. The van der Waals surface area contributed by atoms with Crippen molar-refractivity contribution < 1.29 is 14.7 Å². The first-order valence-corrected chi connectivity index (χ1v) is 7.48. The van der Waals surface area contributed by atoms with Crippen molar-refractivity contribution in [3.8, 4) is 11.1 Å². The molecule has 1 atom stereocenters. The molecule has 2 aromatic rings. The van der Waals surface area contributed by atoms with Crippen LogP contribution in [-0.2, 0) is 4.79 Å². The molecule has 0 spiro atoms. The van der Waals surface area contributed by atoms with Crippen LogP contribution in [0.4, 0.5) is 5.69 Å². The SMILES string of the molecule is CC(=O)N1CCC(N)c2cc(-c3ccc(C(=O)O)cc3)ccc21. The molecule has 2 aromatic carbocycles. The van der Waals surface area contributed by atoms with Crippen molar-refractivity contribution in [3.05, 3.63) is 53.6 Å². The number of fused-ring (bicyclic) bond motifs is 1. The van der Waals surface area contributed by atoms with E-state index in [1.165, 1.54) is 0 Å². The molecule has 5 heteroatoms. The quantitative estimate of drug-likeness (QED) is 0.893. The number of carbonyl (C=O) groups excluding carboxylic acids is 1. The van der Waals surface area contributed by atoms with Crippen molar-refractivity contribution >= 4 is 17.6 Å². The number of carboxylic acids is 1. The van der Waals surface area contributed by atoms with Gasteiger partial charge in [-0.15, -0.1) is 0 Å². The number of anilines is 1. The highest BCUT2D eigenvalue weighted by Crippen LogP contribution is 2.35. The number of amides is 1. The molecule has 23 heavy (non-hydrogen) atoms. The number of nitrogens with zero attached hydrogens (tertiary/aromatic N) is 1. The minimum Gasteiger partial charge on any atom is -0.478 e. The number of hydrogen-bond donors (Lipinski definition) is 2. The number of carboxylic acid groups (broad SMARTS) is 1. The molecule has 3 rings (SSSR count). The lowest BCUT2D eigenvalue weighted by Gasteiger charge is -2.32. The molecule has 0 radical (unpaired) electrons. The van der Waals surface area contributed by atoms with Crippen molar-refractivity contribution in [1.29, 1.82) is 0 Å². The van der Waals surface area contributed by atoms with Crippen LogP contribution in [0.2, 0.25) is 0 Å². The third-order valence-electron chi connectivity index (χ3n) is 4.23. The van der Waals surface area contributed by atoms with E-state index in [-0.39, 0.29) is 17.5 Å². The summed E-state index contributed by atoms with van der Waals surface area (Å²) in [6, 6.07) is 12.5. The minimum absolute atomic E-state index is 0.0108. The van der Waals surface area contributed by atoms with Crippen LogP contribution < -0.4 is 10.6 Å². The summed E-state index contributed by atoms with van der Waals surface area (Å²) in [5, 5.41) is 8.97. The highest BCUT2D eigenvalue weighted by Gasteiger charge is 2.25. The molecule has 1 amide bonds. The second-order valence-electron chi connectivity index (χ2n) is 5.72. The fourth-order valence-corrected chi connectivity index (χ4v) is 2.95. The first kappa shape index (κ1) is 15.2. The van der Waals surface area contributed by atoms with Crippen LogP contribution in [0.25, 0.3) is 11.1 Å². The summed E-state index contributed by atoms with van der Waals surface area (Å²) >= 11 is 0. The number of aromatic carboxylic acids is 1. The monoisotopic (exact) mass is 310 g/mol. The van der Waals surface area contributed by atoms with Gasteiger partial charge in [-0.1, -0.05) is 18.2 Å². The van der Waals surface area contributed by atoms with E-state index in [0.717, 1.165) is 28.8 Å². The zero-order chi connectivity index (χ0) is 16.6. The molecular formula is C18H18N2O3. The number of nitrogens with two attached hydrogens (primary N) is 1. The Morgan fingerprint density at radius 1 is 1.13 bits per heavy atom. The van der Waals surface area contributed by atoms with Gasteiger partial charge in [0.2, 0.25) is 5.91 Å². The van der Waals surface area contributed by atoms with E-state index in [9.17, 15) is 9.59 Å². The maximum absolute atomic E-state index is 11.8. The first-order chi connectivity index (χ1) is 11.0. The van der Waals surface area contributed by atoms with Crippen LogP contribution in [0.15, 0.2) is 42.5 Å². The van der Waals surface area contributed by atoms with E-state index >= 15 is 0 Å². The largest absolute Gasteiger partial charge is 0.478 e. The van der Waals surface area contributed by atoms with Crippen LogP contribution in [0.3, 0.4) is 0 Å². The molecule has 0 aromatic heterocycles. The van der Waals surface area contributed by atoms with Gasteiger partial charge in [0.05, 0.1) is 5.56 Å². The molecule has 0 bridgehead atoms. The third-order valence-corrected chi connectivity index (χ3v) is 4.23. The summed E-state index contributed by atoms with van der Waals surface area (Å²) in [5.74, 6) is -0.933. The average molecular weight is 310 g/mol. The Morgan fingerprint density at radius 2 is 1.78 bits per heavy atom. The topological polar surface area (TPSA) is 83.6 Å². The average Bonchev–Trinajstić information content (AvgIpc) is 2.55. The molecule has 1 unspecified atom stereocenters. The summed E-state index contributed by atoms with van der Waals surface area (Å²) in [7, 11) is 0. The van der Waals surface area contributed by atoms with Gasteiger partial charge in [0.1, 0.15) is 0 Å². The fourth-order valence-electron chi connectivity index (χ4n) is 2.95. The number of hydrogen-bond acceptors (Lipinski definition) is 3. The maximum atomic E-state index is 11.8. The summed E-state index contributed by atoms with van der Waals surface area (Å²) in [4.78, 5) is 24.4. The van der Waals surface area contributed by atoms with Gasteiger partial charge in [0, 0.05) is 25.2 Å². The summed E-state index contributed by atoms with van der Waals surface area (Å²) in [5.41, 5.74) is 10.2. The number of carbonyl (C=O) groups is 2. The number of rotatable bonds is 2. The van der Waals surface area contributed by atoms with Crippen molar-refractivity contribution in [1.82, 2.24) is 0 Å². The Balaban J connectivity index is 2.01. The Kier molecular flexibility index (Phi) is 3.88. The molecular weight excluding hydrogens is 292 g/mol. The zero-order valence-electron chi connectivity index (χ0n) is 12.8. The van der Waals surface area contributed by atoms with Gasteiger partial charge in [0.25, 0.3) is 0 Å². The lowest BCUT2D eigenvalue weighted by Crippen LogP contribution is -2.36. The first-order valence-electron chi connectivity index (χ1n) is 7.48. The van der Waals surface area contributed by atoms with Gasteiger partial charge in [-0.3, -0.25) is 4.79 Å². The van der Waals surface area contributed by atoms with Crippen molar-refractivity contribution in [2.75, 3.05) is 11.4 Å². The van der Waals surface area contributed by atoms with E-state index in [1.807, 2.05) is 18.2 Å². The van der Waals surface area contributed by atoms with Crippen LogP contribution in [0.5, 0.6) is 0 Å². The van der Waals surface area contributed by atoms with Crippen LogP contribution in [0.1, 0.15) is 35.3 Å². The highest BCUT2D eigenvalue weighted by molar-refractivity contribution is 5.93. The fraction of sp³-hybridized carbons (Fsp3) is 0.222. The van der Waals surface area contributed by atoms with E-state index in [0.29, 0.717) is 6.54 Å². The summed E-state index contributed by atoms with van der Waals surface area (Å²) in [6.07, 6.45) is 0.730. The molecule has 118 valence electrons. The molecule has 0 aliphatic carbocycles. The molecule has 1 heterocycles. The Hall–Kier alpha value is -2.66. The van der Waals surface area contributed by atoms with Gasteiger partial charge >= 0.3 is 5.97 Å². The molecule has 1 aliphatic rings. The zero-order valence-corrected chi connectivity index (χ0v) is 12.8. The molecule has 0 saturated heterocycles. The van der Waals surface area contributed by atoms with Crippen LogP contribution in [-0.4, -0.2) is 23.5 Å². The maximum Gasteiger partial charge on any atom is 0.335 e. The smallest absolute Gasteiger partial charge is 0.335 e. The van der Waals surface area contributed by atoms with E-state index in [2.05, 4.69) is 0 Å². The lowest BCUT2D eigenvalue weighted by molar-refractivity contribution is -0.116. The van der Waals surface area contributed by atoms with Crippen molar-refractivity contribution in [2.45, 2.75) is 19.4 Å².